The van der Waals surface area contributed by atoms with Gasteiger partial charge in [-0.25, -0.2) is 0 Å². The van der Waals surface area contributed by atoms with Gasteiger partial charge in [-0.05, 0) is 144 Å². The van der Waals surface area contributed by atoms with E-state index < -0.39 is 0 Å². The molecule has 9 fully saturated rings. The first-order chi connectivity index (χ1) is 39.4. The number of hydrogen-bond donors (Lipinski definition) is 0. The van der Waals surface area contributed by atoms with Crippen LogP contribution in [0.3, 0.4) is 0 Å². The van der Waals surface area contributed by atoms with E-state index in [1.165, 1.54) is 250 Å². The second kappa shape index (κ2) is 53.6. The molecular weight excluding hydrogens is 1010 g/mol. The molecule has 5 unspecified atom stereocenters. The predicted octanol–water partition coefficient (Wildman–Crippen LogP) is 30.9. The smallest absolute Gasteiger partial charge is 0.0328 e. The van der Waals surface area contributed by atoms with Gasteiger partial charge in [0.05, 0.1) is 0 Å². The van der Waals surface area contributed by atoms with Crippen molar-refractivity contribution in [1.29, 1.82) is 0 Å². The lowest BCUT2D eigenvalue weighted by Gasteiger charge is -2.37. The van der Waals surface area contributed by atoms with Gasteiger partial charge < -0.3 is 0 Å². The monoisotopic (exact) mass is 1180 g/mol. The second-order valence-electron chi connectivity index (χ2n) is 34.3. The Morgan fingerprint density at radius 1 is 0.417 bits per heavy atom. The molecule has 0 amide bonds. The lowest BCUT2D eigenvalue weighted by Crippen LogP contribution is -2.23. The van der Waals surface area contributed by atoms with Crippen molar-refractivity contribution in [1.82, 2.24) is 0 Å². The predicted molar refractivity (Wildman–Crippen MR) is 393 cm³/mol. The van der Waals surface area contributed by atoms with Gasteiger partial charge in [0.15, 0.2) is 0 Å². The van der Waals surface area contributed by atoms with Gasteiger partial charge in [-0.1, -0.05) is 399 Å². The molecule has 0 aromatic carbocycles. The first kappa shape index (κ1) is 88.2. The fraction of sp³-hybridized carbons (Fsp3) is 1.00. The van der Waals surface area contributed by atoms with Gasteiger partial charge in [-0.3, -0.25) is 0 Å². The molecule has 9 aliphatic carbocycles. The Labute approximate surface area is 539 Å². The van der Waals surface area contributed by atoms with Crippen LogP contribution in [0.4, 0.5) is 0 Å². The highest BCUT2D eigenvalue weighted by Gasteiger charge is 2.29. The average molecular weight is 1180 g/mol. The van der Waals surface area contributed by atoms with Crippen LogP contribution in [0.25, 0.3) is 0 Å². The summed E-state index contributed by atoms with van der Waals surface area (Å²) in [6.45, 7) is 62.2. The molecule has 9 rings (SSSR count). The third-order valence-electron chi connectivity index (χ3n) is 23.9. The summed E-state index contributed by atoms with van der Waals surface area (Å²) in [5.74, 6) is 15.0. The molecule has 510 valence electrons. The summed E-state index contributed by atoms with van der Waals surface area (Å²) in [6, 6.07) is 0. The summed E-state index contributed by atoms with van der Waals surface area (Å²) >= 11 is 0. The Balaban J connectivity index is -0.000000852. The number of hydrogen-bond acceptors (Lipinski definition) is 0. The van der Waals surface area contributed by atoms with Crippen molar-refractivity contribution in [2.24, 2.45) is 105 Å². The first-order valence-electron chi connectivity index (χ1n) is 39.4. The summed E-state index contributed by atoms with van der Waals surface area (Å²) in [5, 5.41) is 0. The molecule has 0 N–H and O–H groups in total. The minimum absolute atomic E-state index is 0.500. The van der Waals surface area contributed by atoms with E-state index in [4.69, 9.17) is 0 Å². The van der Waals surface area contributed by atoms with Gasteiger partial charge in [0.1, 0.15) is 0 Å². The van der Waals surface area contributed by atoms with Gasteiger partial charge in [-0.15, -0.1) is 0 Å². The molecule has 9 saturated carbocycles. The van der Waals surface area contributed by atoms with Crippen molar-refractivity contribution in [2.75, 3.05) is 0 Å². The summed E-state index contributed by atoms with van der Waals surface area (Å²) < 4.78 is 0. The van der Waals surface area contributed by atoms with Crippen molar-refractivity contribution >= 4 is 0 Å². The number of rotatable bonds is 11. The lowest BCUT2D eigenvalue weighted by atomic mass is 9.69. The van der Waals surface area contributed by atoms with Crippen molar-refractivity contribution in [3.8, 4) is 0 Å². The standard InChI is InChI=1S/9C7H14.3C7H16/c1-6-3-4-7(2)5-6;1-7(2)5-3-4-6-7;1-6-4-3-5-7(6)2;1-6(2)7-4-3-5-7;1-7-5-3-2-4-6-7;1-3-7(2)5-4-6-7;1-3-7-5-4-6(7)2;1-2-7-5-3-4-6-7;1-2-4-7-5-3-6-7;1-6(2)7(3,4)5;1-5-7(4)6(2)3;1-4-6-7(3)5-2/h6-7H,3-5H2,1-2H3;3-6H2,1-2H3;2*6-7H,3-5H2,1-2H3;7H,2-6H2,1H3;3-6H2,1-2H3;6-7H,3-5H2,1-2H3;2*7H,2-6H2,1H3;6H,1-5H3;6-7H,5H2,1-4H3;7H,4-6H2,1-3H3/t6-,7?;;6-,7?;;;;6-,7?;;;;;/m1.1...0...../s1. The van der Waals surface area contributed by atoms with Gasteiger partial charge in [-0.2, -0.15) is 0 Å². The zero-order valence-electron chi connectivity index (χ0n) is 64.7. The van der Waals surface area contributed by atoms with Crippen LogP contribution >= 0.6 is 0 Å². The molecule has 0 aromatic heterocycles. The van der Waals surface area contributed by atoms with Gasteiger partial charge in [0.25, 0.3) is 0 Å². The second-order valence-corrected chi connectivity index (χ2v) is 34.3. The van der Waals surface area contributed by atoms with Gasteiger partial charge in [0, 0.05) is 0 Å². The van der Waals surface area contributed by atoms with Crippen LogP contribution in [0.1, 0.15) is 437 Å². The molecular formula is C84H174. The topological polar surface area (TPSA) is 0 Å². The lowest BCUT2D eigenvalue weighted by molar-refractivity contribution is 0.155. The Bertz CT molecular complexity index is 1240. The molecule has 0 aromatic rings. The van der Waals surface area contributed by atoms with Crippen molar-refractivity contribution in [3.05, 3.63) is 0 Å². The van der Waals surface area contributed by atoms with Crippen LogP contribution in [-0.2, 0) is 0 Å². The van der Waals surface area contributed by atoms with E-state index in [0.717, 1.165) is 94.2 Å². The fourth-order valence-electron chi connectivity index (χ4n) is 12.8. The van der Waals surface area contributed by atoms with E-state index in [-0.39, 0.29) is 0 Å². The fourth-order valence-corrected chi connectivity index (χ4v) is 12.8. The average Bonchev–Trinajstić information content (AvgIpc) is 4.30. The van der Waals surface area contributed by atoms with Crippen LogP contribution in [0, 0.1) is 105 Å². The summed E-state index contributed by atoms with van der Waals surface area (Å²) in [5.41, 5.74) is 1.96. The van der Waals surface area contributed by atoms with E-state index in [0.29, 0.717) is 10.8 Å². The highest BCUT2D eigenvalue weighted by atomic mass is 14.3. The highest BCUT2D eigenvalue weighted by molar-refractivity contribution is 4.81. The largest absolute Gasteiger partial charge is 0.0654 e. The van der Waals surface area contributed by atoms with E-state index in [1.54, 1.807) is 0 Å². The van der Waals surface area contributed by atoms with Crippen molar-refractivity contribution < 1.29 is 0 Å². The van der Waals surface area contributed by atoms with Crippen LogP contribution in [-0.4, -0.2) is 0 Å². The summed E-state index contributed by atoms with van der Waals surface area (Å²) in [4.78, 5) is 0. The minimum Gasteiger partial charge on any atom is -0.0654 e. The minimum atomic E-state index is 0.500. The molecule has 9 aliphatic rings. The molecule has 84 heavy (non-hydrogen) atoms. The van der Waals surface area contributed by atoms with Crippen LogP contribution in [0.2, 0.25) is 0 Å². The molecule has 0 nitrogen and oxygen atoms in total. The SMILES string of the molecule is CC(C)C(C)(C)C.CC(C)C1CCC1.CC1(C)CCCC1.CC1CCCCC1.CC1CCC[C@H]1C.CC1CC[C@@H](C)C1.CCC(C)C(C)C.CCC1(C)CCC1.CCC1CCCC1.CCC1CC[C@@H]1C.CCCC(C)CC.CCCC1CCC1. The normalized spacial score (nSPS) is 26.2. The molecule has 8 atom stereocenters. The molecule has 0 radical (unpaired) electrons. The van der Waals surface area contributed by atoms with Gasteiger partial charge >= 0.3 is 0 Å². The van der Waals surface area contributed by atoms with E-state index >= 15 is 0 Å². The quantitative estimate of drug-likeness (QED) is 0.193. The van der Waals surface area contributed by atoms with E-state index in [9.17, 15) is 0 Å². The van der Waals surface area contributed by atoms with Crippen molar-refractivity contribution in [3.63, 3.8) is 0 Å². The molecule has 0 saturated heterocycles. The van der Waals surface area contributed by atoms with Gasteiger partial charge in [0.2, 0.25) is 0 Å². The molecule has 0 aliphatic heterocycles. The Morgan fingerprint density at radius 2 is 0.881 bits per heavy atom. The molecule has 0 spiro atoms. The van der Waals surface area contributed by atoms with Crippen LogP contribution < -0.4 is 0 Å². The first-order valence-corrected chi connectivity index (χ1v) is 39.4. The molecule has 0 heterocycles. The third kappa shape index (κ3) is 50.7. The van der Waals surface area contributed by atoms with Crippen molar-refractivity contribution in [2.45, 2.75) is 437 Å². The summed E-state index contributed by atoms with van der Waals surface area (Å²) in [6.07, 6.45) is 57.1. The summed E-state index contributed by atoms with van der Waals surface area (Å²) in [7, 11) is 0. The molecule has 0 heteroatoms. The Kier molecular flexibility index (Phi) is 56.3. The maximum absolute atomic E-state index is 2.39. The Hall–Kier alpha value is 0. The maximum atomic E-state index is 2.39. The highest BCUT2D eigenvalue weighted by Crippen LogP contribution is 2.43. The van der Waals surface area contributed by atoms with Crippen LogP contribution in [0.15, 0.2) is 0 Å². The zero-order chi connectivity index (χ0) is 64.7. The zero-order valence-corrected chi connectivity index (χ0v) is 64.7. The van der Waals surface area contributed by atoms with E-state index in [1.807, 2.05) is 0 Å². The molecule has 0 bridgehead atoms. The Morgan fingerprint density at radius 3 is 0.988 bits per heavy atom. The third-order valence-corrected chi connectivity index (χ3v) is 23.9. The van der Waals surface area contributed by atoms with E-state index in [2.05, 4.69) is 187 Å². The van der Waals surface area contributed by atoms with Crippen LogP contribution in [0.5, 0.6) is 0 Å². The maximum Gasteiger partial charge on any atom is -0.0328 e.